The Morgan fingerprint density at radius 2 is 1.88 bits per heavy atom. The Morgan fingerprint density at radius 1 is 1.08 bits per heavy atom. The summed E-state index contributed by atoms with van der Waals surface area (Å²) in [5.74, 6) is -0.267. The van der Waals surface area contributed by atoms with Gasteiger partial charge in [0.1, 0.15) is 5.15 Å². The van der Waals surface area contributed by atoms with Gasteiger partial charge in [0, 0.05) is 40.2 Å². The van der Waals surface area contributed by atoms with Crippen LogP contribution in [0.15, 0.2) is 60.8 Å². The van der Waals surface area contributed by atoms with Crippen LogP contribution in [0.1, 0.15) is 17.3 Å². The number of para-hydroxylation sites is 1. The fourth-order valence-corrected chi connectivity index (χ4v) is 3.43. The number of amides is 1. The van der Waals surface area contributed by atoms with Crippen molar-refractivity contribution >= 4 is 45.0 Å². The quantitative estimate of drug-likeness (QED) is 0.522. The molecule has 0 fully saturated rings. The molecular weight excluding hydrogens is 334 g/mol. The van der Waals surface area contributed by atoms with Gasteiger partial charge < -0.3 is 9.88 Å². The minimum atomic E-state index is -0.267. The summed E-state index contributed by atoms with van der Waals surface area (Å²) in [4.78, 5) is 16.4. The number of fused-ring (bicyclic) bond motifs is 3. The molecule has 25 heavy (non-hydrogen) atoms. The molecule has 1 N–H and O–H groups in total. The maximum Gasteiger partial charge on any atom is 0.258 e. The zero-order chi connectivity index (χ0) is 17.4. The number of aryl methyl sites for hydroxylation is 1. The van der Waals surface area contributed by atoms with Crippen LogP contribution in [0.4, 0.5) is 5.69 Å². The van der Waals surface area contributed by atoms with E-state index in [4.69, 9.17) is 11.6 Å². The van der Waals surface area contributed by atoms with Crippen LogP contribution in [-0.4, -0.2) is 15.5 Å². The summed E-state index contributed by atoms with van der Waals surface area (Å²) in [6.07, 6.45) is 1.56. The van der Waals surface area contributed by atoms with E-state index >= 15 is 0 Å². The van der Waals surface area contributed by atoms with E-state index in [0.29, 0.717) is 5.56 Å². The Morgan fingerprint density at radius 3 is 2.68 bits per heavy atom. The molecule has 0 aliphatic carbocycles. The number of hydrogen-bond acceptors (Lipinski definition) is 2. The maximum absolute atomic E-state index is 12.5. The number of nitrogens with one attached hydrogen (secondary N) is 1. The lowest BCUT2D eigenvalue weighted by Gasteiger charge is -2.07. The molecule has 0 atom stereocenters. The van der Waals surface area contributed by atoms with Crippen molar-refractivity contribution in [1.29, 1.82) is 0 Å². The number of nitrogens with zero attached hydrogens (tertiary/aromatic N) is 2. The zero-order valence-corrected chi connectivity index (χ0v) is 14.4. The van der Waals surface area contributed by atoms with E-state index in [1.165, 1.54) is 10.9 Å². The summed E-state index contributed by atoms with van der Waals surface area (Å²) in [5, 5.41) is 5.40. The molecule has 0 unspecified atom stereocenters. The molecule has 0 saturated heterocycles. The molecule has 0 aliphatic heterocycles. The van der Waals surface area contributed by atoms with Gasteiger partial charge in [-0.3, -0.25) is 4.79 Å². The van der Waals surface area contributed by atoms with Crippen molar-refractivity contribution in [3.05, 3.63) is 71.5 Å². The monoisotopic (exact) mass is 349 g/mol. The molecule has 124 valence electrons. The first-order valence-corrected chi connectivity index (χ1v) is 8.49. The molecule has 4 aromatic rings. The third-order valence-electron chi connectivity index (χ3n) is 4.35. The summed E-state index contributed by atoms with van der Waals surface area (Å²) in [7, 11) is 0. The highest BCUT2D eigenvalue weighted by atomic mass is 35.5. The number of aromatic nitrogens is 2. The SMILES string of the molecule is CCn1c2ccccc2c2cc(NC(=O)c3cccnc3Cl)ccc21. The van der Waals surface area contributed by atoms with E-state index in [9.17, 15) is 4.79 Å². The smallest absolute Gasteiger partial charge is 0.258 e. The number of hydrogen-bond donors (Lipinski definition) is 1. The van der Waals surface area contributed by atoms with E-state index in [0.717, 1.165) is 23.1 Å². The second kappa shape index (κ2) is 6.22. The average Bonchev–Trinajstić information content (AvgIpc) is 2.95. The fraction of sp³-hybridized carbons (Fsp3) is 0.100. The van der Waals surface area contributed by atoms with Crippen molar-refractivity contribution in [3.8, 4) is 0 Å². The lowest BCUT2D eigenvalue weighted by atomic mass is 10.1. The molecule has 4 rings (SSSR count). The Hall–Kier alpha value is -2.85. The van der Waals surface area contributed by atoms with Crippen LogP contribution >= 0.6 is 11.6 Å². The molecule has 2 heterocycles. The van der Waals surface area contributed by atoms with Crippen molar-refractivity contribution in [1.82, 2.24) is 9.55 Å². The van der Waals surface area contributed by atoms with Gasteiger partial charge in [-0.05, 0) is 43.3 Å². The van der Waals surface area contributed by atoms with E-state index in [1.54, 1.807) is 18.3 Å². The topological polar surface area (TPSA) is 46.9 Å². The van der Waals surface area contributed by atoms with Crippen molar-refractivity contribution in [2.45, 2.75) is 13.5 Å². The average molecular weight is 350 g/mol. The number of benzene rings is 2. The van der Waals surface area contributed by atoms with E-state index in [1.807, 2.05) is 30.3 Å². The van der Waals surface area contributed by atoms with Gasteiger partial charge in [-0.1, -0.05) is 29.8 Å². The Balaban J connectivity index is 1.78. The lowest BCUT2D eigenvalue weighted by Crippen LogP contribution is -2.12. The van der Waals surface area contributed by atoms with Gasteiger partial charge >= 0.3 is 0 Å². The normalized spacial score (nSPS) is 11.1. The van der Waals surface area contributed by atoms with E-state index < -0.39 is 0 Å². The van der Waals surface area contributed by atoms with Gasteiger partial charge in [-0.15, -0.1) is 0 Å². The lowest BCUT2D eigenvalue weighted by molar-refractivity contribution is 0.102. The van der Waals surface area contributed by atoms with Crippen LogP contribution in [0.3, 0.4) is 0 Å². The highest BCUT2D eigenvalue weighted by Crippen LogP contribution is 2.31. The molecule has 0 spiro atoms. The number of carbonyl (C=O) groups excluding carboxylic acids is 1. The van der Waals surface area contributed by atoms with E-state index in [2.05, 4.69) is 33.9 Å². The summed E-state index contributed by atoms with van der Waals surface area (Å²) in [6.45, 7) is 3.02. The second-order valence-corrected chi connectivity index (χ2v) is 6.15. The van der Waals surface area contributed by atoms with Crippen molar-refractivity contribution in [3.63, 3.8) is 0 Å². The van der Waals surface area contributed by atoms with Gasteiger partial charge in [-0.2, -0.15) is 0 Å². The molecule has 0 bridgehead atoms. The van der Waals surface area contributed by atoms with Gasteiger partial charge in [0.05, 0.1) is 5.56 Å². The second-order valence-electron chi connectivity index (χ2n) is 5.79. The van der Waals surface area contributed by atoms with E-state index in [-0.39, 0.29) is 11.1 Å². The van der Waals surface area contributed by atoms with Gasteiger partial charge in [0.25, 0.3) is 5.91 Å². The summed E-state index contributed by atoms with van der Waals surface area (Å²) >= 11 is 6.01. The van der Waals surface area contributed by atoms with Crippen LogP contribution in [-0.2, 0) is 6.54 Å². The molecular formula is C20H16ClN3O. The molecule has 4 nitrogen and oxygen atoms in total. The number of carbonyl (C=O) groups is 1. The van der Waals surface area contributed by atoms with Gasteiger partial charge in [-0.25, -0.2) is 4.98 Å². The summed E-state index contributed by atoms with van der Waals surface area (Å²) < 4.78 is 2.27. The fourth-order valence-electron chi connectivity index (χ4n) is 3.23. The first-order valence-electron chi connectivity index (χ1n) is 8.12. The number of rotatable bonds is 3. The molecule has 0 saturated carbocycles. The molecule has 1 amide bonds. The van der Waals surface area contributed by atoms with Crippen LogP contribution < -0.4 is 5.32 Å². The zero-order valence-electron chi connectivity index (χ0n) is 13.7. The minimum absolute atomic E-state index is 0.198. The first-order chi connectivity index (χ1) is 12.2. The third kappa shape index (κ3) is 2.65. The predicted molar refractivity (Wildman–Crippen MR) is 102 cm³/mol. The van der Waals surface area contributed by atoms with Crippen LogP contribution in [0.2, 0.25) is 5.15 Å². The Kier molecular flexibility index (Phi) is 3.90. The minimum Gasteiger partial charge on any atom is -0.341 e. The first kappa shape index (κ1) is 15.7. The van der Waals surface area contributed by atoms with Crippen molar-refractivity contribution in [2.24, 2.45) is 0 Å². The number of anilines is 1. The Bertz CT molecular complexity index is 1100. The standard InChI is InChI=1S/C20H16ClN3O/c1-2-24-17-8-4-3-6-14(17)16-12-13(9-10-18(16)24)23-20(25)15-7-5-11-22-19(15)21/h3-12H,2H2,1H3,(H,23,25). The molecule has 2 aromatic carbocycles. The van der Waals surface area contributed by atoms with Crippen LogP contribution in [0.25, 0.3) is 21.8 Å². The largest absolute Gasteiger partial charge is 0.341 e. The van der Waals surface area contributed by atoms with Crippen molar-refractivity contribution < 1.29 is 4.79 Å². The summed E-state index contributed by atoms with van der Waals surface area (Å²) in [5.41, 5.74) is 3.44. The third-order valence-corrected chi connectivity index (χ3v) is 4.65. The predicted octanol–water partition coefficient (Wildman–Crippen LogP) is 5.12. The Labute approximate surface area is 150 Å². The van der Waals surface area contributed by atoms with Crippen molar-refractivity contribution in [2.75, 3.05) is 5.32 Å². The van der Waals surface area contributed by atoms with Gasteiger partial charge in [0.15, 0.2) is 0 Å². The maximum atomic E-state index is 12.5. The molecule has 0 radical (unpaired) electrons. The molecule has 0 aliphatic rings. The van der Waals surface area contributed by atoms with Crippen LogP contribution in [0, 0.1) is 0 Å². The highest BCUT2D eigenvalue weighted by molar-refractivity contribution is 6.33. The van der Waals surface area contributed by atoms with Gasteiger partial charge in [0.2, 0.25) is 0 Å². The highest BCUT2D eigenvalue weighted by Gasteiger charge is 2.13. The summed E-state index contributed by atoms with van der Waals surface area (Å²) in [6, 6.07) is 17.6. The number of pyridine rings is 1. The number of halogens is 1. The van der Waals surface area contributed by atoms with Crippen LogP contribution in [0.5, 0.6) is 0 Å². The molecule has 5 heteroatoms. The molecule has 2 aromatic heterocycles.